The fourth-order valence-electron chi connectivity index (χ4n) is 12.2. The number of aryl methyl sites for hydroxylation is 1. The molecule has 1 aliphatic rings. The zero-order valence-corrected chi connectivity index (χ0v) is 37.7. The first-order valence-corrected chi connectivity index (χ1v) is 23.9. The van der Waals surface area contributed by atoms with E-state index < -0.39 is 0 Å². The number of benzene rings is 13. The van der Waals surface area contributed by atoms with Gasteiger partial charge in [0.05, 0.1) is 0 Å². The molecule has 0 saturated carbocycles. The topological polar surface area (TPSA) is 0 Å². The second kappa shape index (κ2) is 15.2. The predicted molar refractivity (Wildman–Crippen MR) is 291 cm³/mol. The van der Waals surface area contributed by atoms with Gasteiger partial charge in [-0.2, -0.15) is 0 Å². The summed E-state index contributed by atoms with van der Waals surface area (Å²) >= 11 is 0. The molecule has 13 aromatic carbocycles. The van der Waals surface area contributed by atoms with Gasteiger partial charge in [0.25, 0.3) is 0 Å². The second-order valence-corrected chi connectivity index (χ2v) is 18.6. The first-order chi connectivity index (χ1) is 33.7. The Morgan fingerprint density at radius 1 is 0.235 bits per heavy atom. The van der Waals surface area contributed by atoms with Crippen LogP contribution in [0.1, 0.15) is 16.7 Å². The molecule has 68 heavy (non-hydrogen) atoms. The third kappa shape index (κ3) is 5.62. The molecular weight excluding hydrogens is 817 g/mol. The van der Waals surface area contributed by atoms with Crippen LogP contribution in [0.15, 0.2) is 237 Å². The Morgan fingerprint density at radius 3 is 1.21 bits per heavy atom. The fraction of sp³-hybridized carbons (Fsp3) is 0.0294. The van der Waals surface area contributed by atoms with Crippen LogP contribution in [-0.2, 0) is 6.42 Å². The molecule has 0 unspecified atom stereocenters. The van der Waals surface area contributed by atoms with Gasteiger partial charge in [-0.15, -0.1) is 0 Å². The normalized spacial score (nSPS) is 12.0. The van der Waals surface area contributed by atoms with Crippen molar-refractivity contribution in [2.24, 2.45) is 0 Å². The SMILES string of the molecule is Cc1ccc2c3c4c(c(-c5ccccc5)c5c(Cc6ccccc6)c(-c6ccccc6)c(-c6ccccc6)c(c6cccc1c62)c53)-c1ccc(-c2ccccc2)c2c(-c3ccccc3)ccc-4c12. The second-order valence-electron chi connectivity index (χ2n) is 18.6. The third-order valence-electron chi connectivity index (χ3n) is 14.9. The lowest BCUT2D eigenvalue weighted by Gasteiger charge is -2.29. The molecule has 0 radical (unpaired) electrons. The highest BCUT2D eigenvalue weighted by Crippen LogP contribution is 2.63. The molecule has 0 fully saturated rings. The quantitative estimate of drug-likeness (QED) is 0.111. The van der Waals surface area contributed by atoms with Crippen molar-refractivity contribution in [1.29, 1.82) is 0 Å². The van der Waals surface area contributed by atoms with Gasteiger partial charge in [0.1, 0.15) is 0 Å². The Kier molecular flexibility index (Phi) is 8.67. The highest BCUT2D eigenvalue weighted by Gasteiger charge is 2.35. The van der Waals surface area contributed by atoms with Gasteiger partial charge in [-0.25, -0.2) is 0 Å². The zero-order valence-electron chi connectivity index (χ0n) is 37.7. The number of hydrogen-bond donors (Lipinski definition) is 0. The lowest BCUT2D eigenvalue weighted by molar-refractivity contribution is 1.22. The first kappa shape index (κ1) is 38.7. The van der Waals surface area contributed by atoms with Crippen molar-refractivity contribution in [3.8, 4) is 77.9 Å². The molecule has 0 amide bonds. The first-order valence-electron chi connectivity index (χ1n) is 23.9. The van der Waals surface area contributed by atoms with Gasteiger partial charge in [0, 0.05) is 0 Å². The lowest BCUT2D eigenvalue weighted by Crippen LogP contribution is -2.04. The van der Waals surface area contributed by atoms with Gasteiger partial charge in [-0.05, 0) is 162 Å². The van der Waals surface area contributed by atoms with Gasteiger partial charge in [-0.3, -0.25) is 0 Å². The maximum atomic E-state index is 2.46. The van der Waals surface area contributed by atoms with Crippen molar-refractivity contribution in [3.05, 3.63) is 253 Å². The van der Waals surface area contributed by atoms with E-state index in [0.717, 1.165) is 6.42 Å². The molecule has 316 valence electrons. The third-order valence-corrected chi connectivity index (χ3v) is 14.9. The molecule has 0 aromatic heterocycles. The summed E-state index contributed by atoms with van der Waals surface area (Å²) in [5.41, 5.74) is 21.7. The van der Waals surface area contributed by atoms with Crippen molar-refractivity contribution in [1.82, 2.24) is 0 Å². The molecule has 0 saturated heterocycles. The largest absolute Gasteiger partial charge is 0.0622 e. The summed E-state index contributed by atoms with van der Waals surface area (Å²) in [7, 11) is 0. The van der Waals surface area contributed by atoms with Crippen LogP contribution in [0.4, 0.5) is 0 Å². The lowest BCUT2D eigenvalue weighted by atomic mass is 9.74. The van der Waals surface area contributed by atoms with Crippen molar-refractivity contribution >= 4 is 53.9 Å². The smallest absolute Gasteiger partial charge is 0.000384 e. The van der Waals surface area contributed by atoms with Gasteiger partial charge in [-0.1, -0.05) is 237 Å². The predicted octanol–water partition coefficient (Wildman–Crippen LogP) is 18.8. The number of rotatable bonds is 7. The highest BCUT2D eigenvalue weighted by atomic mass is 14.4. The van der Waals surface area contributed by atoms with E-state index in [2.05, 4.69) is 244 Å². The van der Waals surface area contributed by atoms with Crippen LogP contribution in [0.5, 0.6) is 0 Å². The summed E-state index contributed by atoms with van der Waals surface area (Å²) in [6.45, 7) is 2.28. The molecule has 14 rings (SSSR count). The van der Waals surface area contributed by atoms with Crippen LogP contribution in [-0.4, -0.2) is 0 Å². The van der Waals surface area contributed by atoms with Crippen molar-refractivity contribution in [2.45, 2.75) is 13.3 Å². The summed E-state index contributed by atoms with van der Waals surface area (Å²) in [5, 5.41) is 13.2. The highest BCUT2D eigenvalue weighted by molar-refractivity contribution is 6.44. The number of hydrogen-bond acceptors (Lipinski definition) is 0. The van der Waals surface area contributed by atoms with E-state index in [0.29, 0.717) is 0 Å². The Morgan fingerprint density at radius 2 is 0.647 bits per heavy atom. The summed E-state index contributed by atoms with van der Waals surface area (Å²) in [4.78, 5) is 0. The van der Waals surface area contributed by atoms with E-state index in [9.17, 15) is 0 Å². The van der Waals surface area contributed by atoms with E-state index >= 15 is 0 Å². The van der Waals surface area contributed by atoms with Crippen LogP contribution in [0, 0.1) is 6.92 Å². The molecule has 13 aromatic rings. The standard InChI is InChI=1S/C68H44/c1-42-35-36-53-60-49(42)33-20-34-52(60)64-58(47-29-16-6-17-30-47)57(46-27-14-5-15-28-46)56(41-43-21-8-2-9-22-43)67-59(48-31-18-7-19-32-48)63-54-39-37-50(44-23-10-3-11-24-44)61-51(45-25-12-4-13-26-45)38-40-55(62(54)61)65(63)66(53)68(64)67/h2-40H,41H2,1H3. The van der Waals surface area contributed by atoms with Gasteiger partial charge < -0.3 is 0 Å². The maximum Gasteiger partial charge on any atom is -0.000384 e. The maximum absolute atomic E-state index is 2.46. The molecule has 0 aliphatic heterocycles. The Balaban J connectivity index is 1.31. The van der Waals surface area contributed by atoms with Crippen LogP contribution >= 0.6 is 0 Å². The minimum Gasteiger partial charge on any atom is -0.0622 e. The monoisotopic (exact) mass is 860 g/mol. The van der Waals surface area contributed by atoms with Crippen LogP contribution in [0.3, 0.4) is 0 Å². The Bertz CT molecular complexity index is 4050. The van der Waals surface area contributed by atoms with Gasteiger partial charge in [0.15, 0.2) is 0 Å². The average molecular weight is 861 g/mol. The minimum atomic E-state index is 0.762. The van der Waals surface area contributed by atoms with Crippen molar-refractivity contribution in [3.63, 3.8) is 0 Å². The van der Waals surface area contributed by atoms with E-state index in [4.69, 9.17) is 0 Å². The average Bonchev–Trinajstić information content (AvgIpc) is 3.74. The van der Waals surface area contributed by atoms with E-state index in [1.807, 2.05) is 0 Å². The molecule has 0 N–H and O–H groups in total. The van der Waals surface area contributed by atoms with Gasteiger partial charge in [0.2, 0.25) is 0 Å². The summed E-state index contributed by atoms with van der Waals surface area (Å²) in [5.74, 6) is 0. The van der Waals surface area contributed by atoms with Crippen LogP contribution in [0.25, 0.3) is 132 Å². The minimum absolute atomic E-state index is 0.762. The number of fused-ring (bicyclic) bond motifs is 6. The fourth-order valence-corrected chi connectivity index (χ4v) is 12.2. The summed E-state index contributed by atoms with van der Waals surface area (Å²) in [6.07, 6.45) is 0.762. The van der Waals surface area contributed by atoms with Crippen LogP contribution < -0.4 is 0 Å². The molecule has 0 spiro atoms. The Labute approximate surface area is 396 Å². The van der Waals surface area contributed by atoms with Crippen molar-refractivity contribution in [2.75, 3.05) is 0 Å². The molecule has 0 atom stereocenters. The molecule has 0 bridgehead atoms. The van der Waals surface area contributed by atoms with E-state index in [1.54, 1.807) is 0 Å². The summed E-state index contributed by atoms with van der Waals surface area (Å²) in [6, 6.07) is 88.6. The van der Waals surface area contributed by atoms with E-state index in [-0.39, 0.29) is 0 Å². The molecular formula is C68H44. The van der Waals surface area contributed by atoms with E-state index in [1.165, 1.54) is 148 Å². The van der Waals surface area contributed by atoms with Crippen LogP contribution in [0.2, 0.25) is 0 Å². The Hall–Kier alpha value is -8.58. The zero-order chi connectivity index (χ0) is 44.9. The molecule has 0 heterocycles. The van der Waals surface area contributed by atoms with Gasteiger partial charge >= 0.3 is 0 Å². The molecule has 1 aliphatic carbocycles. The van der Waals surface area contributed by atoms with Crippen molar-refractivity contribution < 1.29 is 0 Å². The summed E-state index contributed by atoms with van der Waals surface area (Å²) < 4.78 is 0. The molecule has 0 heteroatoms. The molecule has 0 nitrogen and oxygen atoms in total.